The van der Waals surface area contributed by atoms with Gasteiger partial charge in [0.15, 0.2) is 0 Å². The van der Waals surface area contributed by atoms with Crippen LogP contribution in [-0.2, 0) is 14.4 Å². The Morgan fingerprint density at radius 3 is 2.28 bits per heavy atom. The molecule has 0 aromatic carbocycles. The molecule has 0 spiro atoms. The summed E-state index contributed by atoms with van der Waals surface area (Å²) < 4.78 is 0. The van der Waals surface area contributed by atoms with Gasteiger partial charge in [0.1, 0.15) is 6.04 Å². The Balaban J connectivity index is 2.79. The van der Waals surface area contributed by atoms with Gasteiger partial charge in [0.25, 0.3) is 0 Å². The van der Waals surface area contributed by atoms with Crippen molar-refractivity contribution in [1.82, 2.24) is 4.90 Å². The van der Waals surface area contributed by atoms with Crippen LogP contribution in [0.3, 0.4) is 0 Å². The fraction of sp³-hybridized carbons (Fsp3) is 0.786. The van der Waals surface area contributed by atoms with Crippen LogP contribution in [0.15, 0.2) is 0 Å². The maximum atomic E-state index is 12.2. The van der Waals surface area contributed by atoms with Gasteiger partial charge in [-0.2, -0.15) is 0 Å². The summed E-state index contributed by atoms with van der Waals surface area (Å²) in [6, 6.07) is -0.706. The van der Waals surface area contributed by atoms with Gasteiger partial charge < -0.3 is 0 Å². The van der Waals surface area contributed by atoms with Crippen molar-refractivity contribution in [3.05, 3.63) is 0 Å². The number of amides is 2. The Morgan fingerprint density at radius 1 is 1.22 bits per heavy atom. The lowest BCUT2D eigenvalue weighted by atomic mass is 9.96. The lowest BCUT2D eigenvalue weighted by Gasteiger charge is -2.22. The maximum absolute atomic E-state index is 12.2. The van der Waals surface area contributed by atoms with Crippen molar-refractivity contribution in [1.29, 1.82) is 0 Å². The number of hydrogen-bond donors (Lipinski definition) is 0. The van der Waals surface area contributed by atoms with E-state index in [-0.39, 0.29) is 30.1 Å². The van der Waals surface area contributed by atoms with Gasteiger partial charge in [0, 0.05) is 12.3 Å². The van der Waals surface area contributed by atoms with Crippen LogP contribution in [-0.4, -0.2) is 29.0 Å². The molecule has 1 fully saturated rings. The topological polar surface area (TPSA) is 54.5 Å². The van der Waals surface area contributed by atoms with E-state index in [1.54, 1.807) is 0 Å². The lowest BCUT2D eigenvalue weighted by molar-refractivity contribution is -0.141. The normalized spacial score (nSPS) is 22.1. The summed E-state index contributed by atoms with van der Waals surface area (Å²) in [5, 5.41) is 0. The van der Waals surface area contributed by atoms with E-state index >= 15 is 0 Å². The van der Waals surface area contributed by atoms with E-state index in [4.69, 9.17) is 0 Å². The molecule has 1 aliphatic rings. The molecule has 1 radical (unpaired) electrons. The number of carbonyl (C=O) groups excluding carboxylic acids is 3. The summed E-state index contributed by atoms with van der Waals surface area (Å²) in [6.07, 6.45) is 3.29. The Labute approximate surface area is 109 Å². The van der Waals surface area contributed by atoms with Crippen molar-refractivity contribution in [3.8, 4) is 0 Å². The molecule has 0 N–H and O–H groups in total. The van der Waals surface area contributed by atoms with Crippen LogP contribution in [0.1, 0.15) is 47.0 Å². The number of likely N-dealkylation sites (tertiary alicyclic amines) is 1. The Morgan fingerprint density at radius 2 is 1.83 bits per heavy atom. The number of rotatable bonds is 6. The highest BCUT2D eigenvalue weighted by atomic mass is 16.2. The summed E-state index contributed by atoms with van der Waals surface area (Å²) in [5.74, 6) is -0.0421. The molecule has 0 aromatic rings. The highest BCUT2D eigenvalue weighted by Crippen LogP contribution is 2.28. The zero-order chi connectivity index (χ0) is 13.9. The molecule has 18 heavy (non-hydrogen) atoms. The van der Waals surface area contributed by atoms with Crippen molar-refractivity contribution in [2.24, 2.45) is 17.8 Å². The quantitative estimate of drug-likeness (QED) is 0.679. The highest BCUT2D eigenvalue weighted by Gasteiger charge is 2.42. The van der Waals surface area contributed by atoms with Gasteiger partial charge in [0.2, 0.25) is 18.1 Å². The van der Waals surface area contributed by atoms with Gasteiger partial charge >= 0.3 is 0 Å². The third kappa shape index (κ3) is 3.40. The fourth-order valence-corrected chi connectivity index (χ4v) is 2.45. The molecule has 1 aliphatic heterocycles. The van der Waals surface area contributed by atoms with Crippen LogP contribution < -0.4 is 0 Å². The molecular weight excluding hydrogens is 230 g/mol. The number of carbonyl (C=O) groups is 2. The second kappa shape index (κ2) is 6.12. The molecule has 1 rings (SSSR count). The van der Waals surface area contributed by atoms with Crippen molar-refractivity contribution in [2.45, 2.75) is 53.0 Å². The second-order valence-corrected chi connectivity index (χ2v) is 5.90. The van der Waals surface area contributed by atoms with Crippen molar-refractivity contribution in [2.75, 3.05) is 0 Å². The number of nitrogens with zero attached hydrogens (tertiary/aromatic N) is 1. The van der Waals surface area contributed by atoms with E-state index in [2.05, 4.69) is 0 Å². The molecule has 0 bridgehead atoms. The van der Waals surface area contributed by atoms with Gasteiger partial charge in [-0.05, 0) is 24.7 Å². The third-order valence-corrected chi connectivity index (χ3v) is 3.17. The molecule has 2 atom stereocenters. The minimum absolute atomic E-state index is 0.192. The molecule has 0 aromatic heterocycles. The maximum Gasteiger partial charge on any atom is 0.233 e. The van der Waals surface area contributed by atoms with E-state index in [1.807, 2.05) is 34.0 Å². The van der Waals surface area contributed by atoms with Crippen LogP contribution >= 0.6 is 0 Å². The van der Waals surface area contributed by atoms with Crippen molar-refractivity contribution in [3.63, 3.8) is 0 Å². The van der Waals surface area contributed by atoms with Crippen LogP contribution in [0.2, 0.25) is 0 Å². The average Bonchev–Trinajstić information content (AvgIpc) is 2.50. The van der Waals surface area contributed by atoms with Crippen LogP contribution in [0.4, 0.5) is 0 Å². The monoisotopic (exact) mass is 252 g/mol. The Hall–Kier alpha value is -1.19. The summed E-state index contributed by atoms with van der Waals surface area (Å²) in [5.41, 5.74) is 0. The molecule has 2 amide bonds. The summed E-state index contributed by atoms with van der Waals surface area (Å²) >= 11 is 0. The zero-order valence-corrected chi connectivity index (χ0v) is 11.6. The first-order valence-corrected chi connectivity index (χ1v) is 6.60. The third-order valence-electron chi connectivity index (χ3n) is 3.17. The number of hydrogen-bond acceptors (Lipinski definition) is 3. The summed E-state index contributed by atoms with van der Waals surface area (Å²) in [6.45, 7) is 7.97. The standard InChI is InChI=1S/C14H22NO3/c1-9(2)5-11-7-13(17)15(14(11)18)12(8-16)6-10(3)4/h9-12H,5-7H2,1-4H3/t11-,12+/m1/s1. The molecule has 4 nitrogen and oxygen atoms in total. The van der Waals surface area contributed by atoms with Crippen LogP contribution in [0, 0.1) is 17.8 Å². The largest absolute Gasteiger partial charge is 0.288 e. The molecule has 0 saturated carbocycles. The number of imide groups is 1. The van der Waals surface area contributed by atoms with Gasteiger partial charge in [-0.3, -0.25) is 19.3 Å². The van der Waals surface area contributed by atoms with E-state index < -0.39 is 6.04 Å². The van der Waals surface area contributed by atoms with E-state index in [0.717, 1.165) is 4.90 Å². The van der Waals surface area contributed by atoms with E-state index in [1.165, 1.54) is 0 Å². The first kappa shape index (κ1) is 14.9. The zero-order valence-electron chi connectivity index (χ0n) is 11.6. The average molecular weight is 252 g/mol. The van der Waals surface area contributed by atoms with Crippen molar-refractivity contribution < 1.29 is 14.4 Å². The van der Waals surface area contributed by atoms with Crippen LogP contribution in [0.5, 0.6) is 0 Å². The second-order valence-electron chi connectivity index (χ2n) is 5.90. The molecule has 0 unspecified atom stereocenters. The van der Waals surface area contributed by atoms with E-state index in [0.29, 0.717) is 18.8 Å². The molecular formula is C14H22NO3. The Kier molecular flexibility index (Phi) is 5.05. The molecule has 1 heterocycles. The minimum atomic E-state index is -0.706. The lowest BCUT2D eigenvalue weighted by Crippen LogP contribution is -2.42. The van der Waals surface area contributed by atoms with Gasteiger partial charge in [-0.25, -0.2) is 0 Å². The van der Waals surface area contributed by atoms with E-state index in [9.17, 15) is 14.4 Å². The molecule has 1 saturated heterocycles. The summed E-state index contributed by atoms with van der Waals surface area (Å²) in [4.78, 5) is 36.2. The highest BCUT2D eigenvalue weighted by molar-refractivity contribution is 6.05. The summed E-state index contributed by atoms with van der Waals surface area (Å²) in [7, 11) is 0. The fourth-order valence-electron chi connectivity index (χ4n) is 2.45. The van der Waals surface area contributed by atoms with Crippen molar-refractivity contribution >= 4 is 18.1 Å². The first-order chi connectivity index (χ1) is 8.36. The minimum Gasteiger partial charge on any atom is -0.288 e. The SMILES string of the molecule is CC(C)C[C@@H]1CC(=O)N([C@H]([C]=O)CC(C)C)C1=O. The molecule has 4 heteroatoms. The predicted molar refractivity (Wildman–Crippen MR) is 68.4 cm³/mol. The molecule has 0 aliphatic carbocycles. The van der Waals surface area contributed by atoms with Crippen LogP contribution in [0.25, 0.3) is 0 Å². The first-order valence-electron chi connectivity index (χ1n) is 6.60. The Bertz CT molecular complexity index is 336. The van der Waals surface area contributed by atoms with Gasteiger partial charge in [0.05, 0.1) is 0 Å². The van der Waals surface area contributed by atoms with Gasteiger partial charge in [-0.15, -0.1) is 0 Å². The van der Waals surface area contributed by atoms with Gasteiger partial charge in [-0.1, -0.05) is 27.7 Å². The smallest absolute Gasteiger partial charge is 0.233 e. The predicted octanol–water partition coefficient (Wildman–Crippen LogP) is 1.93. The molecule has 101 valence electrons.